The third kappa shape index (κ3) is 2.71. The lowest BCUT2D eigenvalue weighted by Gasteiger charge is -2.19. The van der Waals surface area contributed by atoms with Crippen molar-refractivity contribution in [2.45, 2.75) is 63.6 Å². The zero-order chi connectivity index (χ0) is 10.7. The lowest BCUT2D eigenvalue weighted by atomic mass is 10.0. The first kappa shape index (κ1) is 10.9. The van der Waals surface area contributed by atoms with Gasteiger partial charge in [-0.25, -0.2) is 4.79 Å². The van der Waals surface area contributed by atoms with Crippen molar-refractivity contribution in [2.24, 2.45) is 5.92 Å². The van der Waals surface area contributed by atoms with Crippen molar-refractivity contribution in [2.75, 3.05) is 0 Å². The summed E-state index contributed by atoms with van der Waals surface area (Å²) in [6.45, 7) is 0. The van der Waals surface area contributed by atoms with Gasteiger partial charge in [0.1, 0.15) is 6.10 Å². The van der Waals surface area contributed by atoms with E-state index < -0.39 is 6.10 Å². The zero-order valence-corrected chi connectivity index (χ0v) is 9.15. The van der Waals surface area contributed by atoms with Gasteiger partial charge < -0.3 is 9.84 Å². The molecular weight excluding hydrogens is 192 g/mol. The fourth-order valence-electron chi connectivity index (χ4n) is 2.71. The van der Waals surface area contributed by atoms with Gasteiger partial charge in [0.2, 0.25) is 0 Å². The highest BCUT2D eigenvalue weighted by molar-refractivity contribution is 5.75. The standard InChI is InChI=1S/C12H20O3/c13-11(9-5-1-2-6-9)12(14)15-10-7-3-4-8-10/h9-11,13H,1-8H2. The van der Waals surface area contributed by atoms with E-state index in [4.69, 9.17) is 4.74 Å². The predicted molar refractivity (Wildman–Crippen MR) is 56.3 cm³/mol. The van der Waals surface area contributed by atoms with Crippen molar-refractivity contribution in [3.8, 4) is 0 Å². The van der Waals surface area contributed by atoms with E-state index in [2.05, 4.69) is 0 Å². The molecule has 3 nitrogen and oxygen atoms in total. The Morgan fingerprint density at radius 1 is 1.07 bits per heavy atom. The molecule has 2 saturated carbocycles. The Hall–Kier alpha value is -0.570. The number of ether oxygens (including phenoxy) is 1. The second-order valence-electron chi connectivity index (χ2n) is 4.83. The number of esters is 1. The highest BCUT2D eigenvalue weighted by atomic mass is 16.6. The summed E-state index contributed by atoms with van der Waals surface area (Å²) in [6.07, 6.45) is 7.68. The third-order valence-corrected chi connectivity index (χ3v) is 3.67. The SMILES string of the molecule is O=C(OC1CCCC1)C(O)C1CCCC1. The molecule has 1 atom stereocenters. The van der Waals surface area contributed by atoms with Crippen LogP contribution in [0, 0.1) is 5.92 Å². The average Bonchev–Trinajstić information content (AvgIpc) is 2.88. The number of hydrogen-bond acceptors (Lipinski definition) is 3. The average molecular weight is 212 g/mol. The minimum Gasteiger partial charge on any atom is -0.460 e. The molecule has 1 N–H and O–H groups in total. The van der Waals surface area contributed by atoms with Crippen LogP contribution >= 0.6 is 0 Å². The van der Waals surface area contributed by atoms with Crippen LogP contribution in [0.3, 0.4) is 0 Å². The fraction of sp³-hybridized carbons (Fsp3) is 0.917. The third-order valence-electron chi connectivity index (χ3n) is 3.67. The van der Waals surface area contributed by atoms with Gasteiger partial charge in [0.05, 0.1) is 0 Å². The van der Waals surface area contributed by atoms with Gasteiger partial charge in [-0.1, -0.05) is 12.8 Å². The first-order valence-electron chi connectivity index (χ1n) is 6.16. The van der Waals surface area contributed by atoms with Gasteiger partial charge in [0.15, 0.2) is 6.10 Å². The summed E-state index contributed by atoms with van der Waals surface area (Å²) in [5.74, 6) is -0.229. The summed E-state index contributed by atoms with van der Waals surface area (Å²) in [5.41, 5.74) is 0. The Kier molecular flexibility index (Phi) is 3.62. The van der Waals surface area contributed by atoms with Crippen LogP contribution in [-0.2, 0) is 9.53 Å². The molecule has 2 rings (SSSR count). The summed E-state index contributed by atoms with van der Waals surface area (Å²) in [7, 11) is 0. The molecular formula is C12H20O3. The molecule has 3 heteroatoms. The maximum Gasteiger partial charge on any atom is 0.335 e. The first-order valence-corrected chi connectivity index (χ1v) is 6.16. The van der Waals surface area contributed by atoms with Crippen LogP contribution in [0.1, 0.15) is 51.4 Å². The molecule has 0 spiro atoms. The van der Waals surface area contributed by atoms with E-state index in [1.165, 1.54) is 0 Å². The summed E-state index contributed by atoms with van der Waals surface area (Å²) < 4.78 is 5.30. The van der Waals surface area contributed by atoms with Gasteiger partial charge in [-0.15, -0.1) is 0 Å². The van der Waals surface area contributed by atoms with Crippen LogP contribution in [0.5, 0.6) is 0 Å². The molecule has 0 saturated heterocycles. The second kappa shape index (κ2) is 4.97. The fourth-order valence-corrected chi connectivity index (χ4v) is 2.71. The zero-order valence-electron chi connectivity index (χ0n) is 9.15. The topological polar surface area (TPSA) is 46.5 Å². The Bertz CT molecular complexity index is 215. The van der Waals surface area contributed by atoms with Gasteiger partial charge in [-0.05, 0) is 44.4 Å². The smallest absolute Gasteiger partial charge is 0.335 e. The predicted octanol–water partition coefficient (Wildman–Crippen LogP) is 2.02. The van der Waals surface area contributed by atoms with Gasteiger partial charge >= 0.3 is 5.97 Å². The molecule has 2 aliphatic carbocycles. The molecule has 0 aliphatic heterocycles. The number of hydrogen-bond donors (Lipinski definition) is 1. The van der Waals surface area contributed by atoms with Crippen molar-refractivity contribution in [3.05, 3.63) is 0 Å². The quantitative estimate of drug-likeness (QED) is 0.728. The molecule has 0 radical (unpaired) electrons. The van der Waals surface area contributed by atoms with E-state index in [0.29, 0.717) is 0 Å². The van der Waals surface area contributed by atoms with Crippen LogP contribution < -0.4 is 0 Å². The highest BCUT2D eigenvalue weighted by Gasteiger charge is 2.31. The maximum absolute atomic E-state index is 11.6. The Balaban J connectivity index is 1.78. The normalized spacial score (nSPS) is 25.7. The van der Waals surface area contributed by atoms with Gasteiger partial charge in [0.25, 0.3) is 0 Å². The lowest BCUT2D eigenvalue weighted by molar-refractivity contribution is -0.161. The number of aliphatic hydroxyl groups is 1. The molecule has 0 heterocycles. The minimum atomic E-state index is -0.868. The molecule has 0 amide bonds. The van der Waals surface area contributed by atoms with Crippen LogP contribution in [-0.4, -0.2) is 23.3 Å². The number of rotatable bonds is 3. The van der Waals surface area contributed by atoms with Crippen LogP contribution in [0.2, 0.25) is 0 Å². The largest absolute Gasteiger partial charge is 0.460 e. The maximum atomic E-state index is 11.6. The Morgan fingerprint density at radius 3 is 2.20 bits per heavy atom. The molecule has 0 aromatic heterocycles. The van der Waals surface area contributed by atoms with E-state index in [-0.39, 0.29) is 18.0 Å². The summed E-state index contributed by atoms with van der Waals surface area (Å²) in [5, 5.41) is 9.80. The Morgan fingerprint density at radius 2 is 1.60 bits per heavy atom. The molecule has 2 aliphatic rings. The number of carbonyl (C=O) groups excluding carboxylic acids is 1. The Labute approximate surface area is 90.8 Å². The van der Waals surface area contributed by atoms with E-state index in [1.807, 2.05) is 0 Å². The summed E-state index contributed by atoms with van der Waals surface area (Å²) in [4.78, 5) is 11.6. The van der Waals surface area contributed by atoms with Gasteiger partial charge in [0, 0.05) is 0 Å². The van der Waals surface area contributed by atoms with Crippen molar-refractivity contribution in [3.63, 3.8) is 0 Å². The van der Waals surface area contributed by atoms with Crippen LogP contribution in [0.4, 0.5) is 0 Å². The van der Waals surface area contributed by atoms with E-state index in [9.17, 15) is 9.90 Å². The van der Waals surface area contributed by atoms with Crippen LogP contribution in [0.15, 0.2) is 0 Å². The van der Waals surface area contributed by atoms with Crippen molar-refractivity contribution in [1.82, 2.24) is 0 Å². The molecule has 15 heavy (non-hydrogen) atoms. The van der Waals surface area contributed by atoms with E-state index in [0.717, 1.165) is 51.4 Å². The molecule has 0 aromatic carbocycles. The monoisotopic (exact) mass is 212 g/mol. The molecule has 0 bridgehead atoms. The highest BCUT2D eigenvalue weighted by Crippen LogP contribution is 2.29. The molecule has 1 unspecified atom stereocenters. The second-order valence-corrected chi connectivity index (χ2v) is 4.83. The summed E-state index contributed by atoms with van der Waals surface area (Å²) in [6, 6.07) is 0. The van der Waals surface area contributed by atoms with Crippen molar-refractivity contribution in [1.29, 1.82) is 0 Å². The van der Waals surface area contributed by atoms with Gasteiger partial charge in [-0.3, -0.25) is 0 Å². The first-order chi connectivity index (χ1) is 7.27. The van der Waals surface area contributed by atoms with Gasteiger partial charge in [-0.2, -0.15) is 0 Å². The summed E-state index contributed by atoms with van der Waals surface area (Å²) >= 11 is 0. The van der Waals surface area contributed by atoms with Crippen molar-refractivity contribution >= 4 is 5.97 Å². The number of carbonyl (C=O) groups is 1. The van der Waals surface area contributed by atoms with Crippen molar-refractivity contribution < 1.29 is 14.6 Å². The molecule has 86 valence electrons. The van der Waals surface area contributed by atoms with Crippen LogP contribution in [0.25, 0.3) is 0 Å². The van der Waals surface area contributed by atoms with E-state index >= 15 is 0 Å². The lowest BCUT2D eigenvalue weighted by Crippen LogP contribution is -2.32. The van der Waals surface area contributed by atoms with E-state index in [1.54, 1.807) is 0 Å². The molecule has 2 fully saturated rings. The minimum absolute atomic E-state index is 0.0774. The number of aliphatic hydroxyl groups excluding tert-OH is 1. The molecule has 0 aromatic rings.